The third kappa shape index (κ3) is 4.70. The Morgan fingerprint density at radius 1 is 1.43 bits per heavy atom. The van der Waals surface area contributed by atoms with Gasteiger partial charge in [-0.15, -0.1) is 0 Å². The Morgan fingerprint density at radius 2 is 2.24 bits per heavy atom. The number of aliphatic hydroxyl groups excluding tert-OH is 1. The third-order valence-corrected chi connectivity index (χ3v) is 4.04. The van der Waals surface area contributed by atoms with Gasteiger partial charge in [0.15, 0.2) is 0 Å². The lowest BCUT2D eigenvalue weighted by molar-refractivity contribution is -0.0334. The summed E-state index contributed by atoms with van der Waals surface area (Å²) in [6, 6.07) is 6.55. The van der Waals surface area contributed by atoms with Crippen LogP contribution in [0, 0.1) is 13.8 Å². The predicted octanol–water partition coefficient (Wildman–Crippen LogP) is 2.15. The topological polar surface area (TPSA) is 41.9 Å². The van der Waals surface area contributed by atoms with Crippen LogP contribution in [0.1, 0.15) is 24.5 Å². The summed E-state index contributed by atoms with van der Waals surface area (Å²) >= 11 is 0. The zero-order valence-corrected chi connectivity index (χ0v) is 13.3. The minimum absolute atomic E-state index is 0.331. The van der Waals surface area contributed by atoms with Gasteiger partial charge >= 0.3 is 0 Å². The van der Waals surface area contributed by atoms with Crippen molar-refractivity contribution in [3.8, 4) is 5.75 Å². The molecular formula is C17H27NO3. The Morgan fingerprint density at radius 3 is 3.00 bits per heavy atom. The molecule has 1 aromatic rings. The molecule has 2 unspecified atom stereocenters. The number of nitrogens with zero attached hydrogens (tertiary/aromatic N) is 1. The molecule has 1 N–H and O–H groups in total. The molecule has 2 atom stereocenters. The van der Waals surface area contributed by atoms with Crippen molar-refractivity contribution in [2.75, 3.05) is 32.9 Å². The average Bonchev–Trinajstić information content (AvgIpc) is 2.49. The van der Waals surface area contributed by atoms with Gasteiger partial charge in [-0.25, -0.2) is 0 Å². The van der Waals surface area contributed by atoms with Gasteiger partial charge in [-0.05, 0) is 37.5 Å². The second-order valence-electron chi connectivity index (χ2n) is 5.87. The van der Waals surface area contributed by atoms with Gasteiger partial charge in [0.1, 0.15) is 18.5 Å². The lowest BCUT2D eigenvalue weighted by Crippen LogP contribution is -2.49. The first-order valence-electron chi connectivity index (χ1n) is 7.80. The van der Waals surface area contributed by atoms with Gasteiger partial charge in [-0.3, -0.25) is 4.90 Å². The Labute approximate surface area is 127 Å². The van der Waals surface area contributed by atoms with Crippen LogP contribution in [0.4, 0.5) is 0 Å². The average molecular weight is 293 g/mol. The number of rotatable bonds is 6. The smallest absolute Gasteiger partial charge is 0.122 e. The van der Waals surface area contributed by atoms with Crippen LogP contribution in [0.25, 0.3) is 0 Å². The second kappa shape index (κ2) is 7.78. The number of morpholine rings is 1. The molecule has 21 heavy (non-hydrogen) atoms. The zero-order chi connectivity index (χ0) is 15.2. The monoisotopic (exact) mass is 293 g/mol. The van der Waals surface area contributed by atoms with Crippen molar-refractivity contribution >= 4 is 0 Å². The molecule has 0 bridgehead atoms. The van der Waals surface area contributed by atoms with Gasteiger partial charge in [-0.2, -0.15) is 0 Å². The van der Waals surface area contributed by atoms with E-state index in [2.05, 4.69) is 17.9 Å². The molecule has 2 rings (SSSR count). The number of aryl methyl sites for hydroxylation is 2. The quantitative estimate of drug-likeness (QED) is 0.873. The number of hydrogen-bond acceptors (Lipinski definition) is 4. The molecule has 1 aliphatic heterocycles. The minimum atomic E-state index is -0.475. The number of aliphatic hydroxyl groups is 1. The number of ether oxygens (including phenoxy) is 2. The highest BCUT2D eigenvalue weighted by Crippen LogP contribution is 2.19. The van der Waals surface area contributed by atoms with Crippen LogP contribution >= 0.6 is 0 Å². The maximum Gasteiger partial charge on any atom is 0.122 e. The van der Waals surface area contributed by atoms with Crippen molar-refractivity contribution in [3.63, 3.8) is 0 Å². The van der Waals surface area contributed by atoms with Gasteiger partial charge < -0.3 is 14.6 Å². The van der Waals surface area contributed by atoms with E-state index in [0.717, 1.165) is 37.5 Å². The highest BCUT2D eigenvalue weighted by molar-refractivity contribution is 5.35. The van der Waals surface area contributed by atoms with E-state index in [0.29, 0.717) is 19.2 Å². The molecule has 1 aromatic carbocycles. The van der Waals surface area contributed by atoms with E-state index in [1.807, 2.05) is 26.0 Å². The molecule has 1 saturated heterocycles. The normalized spacial score (nSPS) is 21.2. The lowest BCUT2D eigenvalue weighted by atomic mass is 10.1. The predicted molar refractivity (Wildman–Crippen MR) is 83.9 cm³/mol. The van der Waals surface area contributed by atoms with Crippen molar-refractivity contribution in [2.24, 2.45) is 0 Å². The molecule has 0 radical (unpaired) electrons. The first-order valence-corrected chi connectivity index (χ1v) is 7.80. The van der Waals surface area contributed by atoms with E-state index in [4.69, 9.17) is 9.47 Å². The maximum atomic E-state index is 10.2. The maximum absolute atomic E-state index is 10.2. The molecule has 4 heteroatoms. The highest BCUT2D eigenvalue weighted by Gasteiger charge is 2.23. The van der Waals surface area contributed by atoms with Crippen LogP contribution < -0.4 is 4.74 Å². The fourth-order valence-corrected chi connectivity index (χ4v) is 2.68. The minimum Gasteiger partial charge on any atom is -0.491 e. The second-order valence-corrected chi connectivity index (χ2v) is 5.87. The highest BCUT2D eigenvalue weighted by atomic mass is 16.5. The molecule has 0 amide bonds. The zero-order valence-electron chi connectivity index (χ0n) is 13.3. The van der Waals surface area contributed by atoms with Gasteiger partial charge in [0.25, 0.3) is 0 Å². The number of benzene rings is 1. The first kappa shape index (κ1) is 16.3. The van der Waals surface area contributed by atoms with E-state index in [1.165, 1.54) is 5.56 Å². The molecule has 0 spiro atoms. The third-order valence-electron chi connectivity index (χ3n) is 4.04. The Bertz CT molecular complexity index is 450. The summed E-state index contributed by atoms with van der Waals surface area (Å²) < 4.78 is 11.3. The van der Waals surface area contributed by atoms with E-state index in [1.54, 1.807) is 0 Å². The summed E-state index contributed by atoms with van der Waals surface area (Å²) in [5.41, 5.74) is 2.27. The molecule has 1 heterocycles. The van der Waals surface area contributed by atoms with Crippen LogP contribution in [0.3, 0.4) is 0 Å². The van der Waals surface area contributed by atoms with Crippen LogP contribution in [-0.4, -0.2) is 55.1 Å². The summed E-state index contributed by atoms with van der Waals surface area (Å²) in [5.74, 6) is 0.864. The van der Waals surface area contributed by atoms with E-state index in [9.17, 15) is 5.11 Å². The van der Waals surface area contributed by atoms with Crippen molar-refractivity contribution in [2.45, 2.75) is 39.3 Å². The summed E-state index contributed by atoms with van der Waals surface area (Å²) in [5, 5.41) is 10.2. The van der Waals surface area contributed by atoms with E-state index >= 15 is 0 Å². The molecule has 0 aliphatic carbocycles. The lowest BCUT2D eigenvalue weighted by Gasteiger charge is -2.36. The fraction of sp³-hybridized carbons (Fsp3) is 0.647. The summed E-state index contributed by atoms with van der Waals surface area (Å²) in [6.07, 6.45) is 0.571. The summed E-state index contributed by atoms with van der Waals surface area (Å²) in [7, 11) is 0. The van der Waals surface area contributed by atoms with Gasteiger partial charge in [0, 0.05) is 19.1 Å². The van der Waals surface area contributed by atoms with Gasteiger partial charge in [-0.1, -0.05) is 19.1 Å². The van der Waals surface area contributed by atoms with Gasteiger partial charge in [0.2, 0.25) is 0 Å². The Balaban J connectivity index is 1.84. The molecule has 1 aliphatic rings. The molecular weight excluding hydrogens is 266 g/mol. The van der Waals surface area contributed by atoms with E-state index < -0.39 is 6.10 Å². The Kier molecular flexibility index (Phi) is 6.03. The van der Waals surface area contributed by atoms with E-state index in [-0.39, 0.29) is 0 Å². The van der Waals surface area contributed by atoms with Crippen LogP contribution in [0.15, 0.2) is 18.2 Å². The van der Waals surface area contributed by atoms with Crippen molar-refractivity contribution in [1.82, 2.24) is 4.90 Å². The first-order chi connectivity index (χ1) is 10.1. The van der Waals surface area contributed by atoms with Gasteiger partial charge in [0.05, 0.1) is 13.2 Å². The number of β-amino-alcohol motifs (C(OH)–C–C–N with tert-alkyl or cyclic N) is 1. The molecule has 4 nitrogen and oxygen atoms in total. The molecule has 118 valence electrons. The van der Waals surface area contributed by atoms with Crippen molar-refractivity contribution in [1.29, 1.82) is 0 Å². The Hall–Kier alpha value is -1.10. The molecule has 0 saturated carbocycles. The summed E-state index contributed by atoms with van der Waals surface area (Å²) in [4.78, 5) is 2.31. The number of hydrogen-bond donors (Lipinski definition) is 1. The standard InChI is InChI=1S/C17H27NO3/c1-4-15-11-20-8-7-18(15)10-16(19)12-21-17-9-13(2)5-6-14(17)3/h5-6,9,15-16,19H,4,7-8,10-12H2,1-3H3. The molecule has 1 fully saturated rings. The van der Waals surface area contributed by atoms with Crippen molar-refractivity contribution in [3.05, 3.63) is 29.3 Å². The largest absolute Gasteiger partial charge is 0.491 e. The molecule has 0 aromatic heterocycles. The van der Waals surface area contributed by atoms with Crippen LogP contribution in [0.2, 0.25) is 0 Å². The van der Waals surface area contributed by atoms with Crippen LogP contribution in [-0.2, 0) is 4.74 Å². The summed E-state index contributed by atoms with van der Waals surface area (Å²) in [6.45, 7) is 9.61. The fourth-order valence-electron chi connectivity index (χ4n) is 2.68. The SMILES string of the molecule is CCC1COCCN1CC(O)COc1cc(C)ccc1C. The van der Waals surface area contributed by atoms with Crippen molar-refractivity contribution < 1.29 is 14.6 Å². The van der Waals surface area contributed by atoms with Crippen LogP contribution in [0.5, 0.6) is 5.75 Å².